The molecular weight excluding hydrogens is 412 g/mol. The van der Waals surface area contributed by atoms with Gasteiger partial charge in [0, 0.05) is 41.8 Å². The summed E-state index contributed by atoms with van der Waals surface area (Å²) in [5, 5.41) is 15.8. The molecule has 3 N–H and O–H groups in total. The average molecular weight is 437 g/mol. The summed E-state index contributed by atoms with van der Waals surface area (Å²) in [6, 6.07) is 24.0. The van der Waals surface area contributed by atoms with E-state index in [-0.39, 0.29) is 11.7 Å². The van der Waals surface area contributed by atoms with E-state index < -0.39 is 6.04 Å². The van der Waals surface area contributed by atoms with Gasteiger partial charge < -0.3 is 15.6 Å². The molecule has 3 aromatic carbocycles. The Morgan fingerprint density at radius 3 is 2.48 bits per heavy atom. The molecule has 1 heterocycles. The highest BCUT2D eigenvalue weighted by molar-refractivity contribution is 6.11. The second kappa shape index (κ2) is 9.94. The molecule has 1 aromatic heterocycles. The van der Waals surface area contributed by atoms with E-state index in [0.717, 1.165) is 28.5 Å². The number of hydrogen-bond donors (Lipinski definition) is 3. The number of benzene rings is 3. The second-order valence-electron chi connectivity index (χ2n) is 7.76. The third-order valence-electron chi connectivity index (χ3n) is 5.68. The topological polar surface area (TPSA) is 97.8 Å². The summed E-state index contributed by atoms with van der Waals surface area (Å²) >= 11 is 0. The van der Waals surface area contributed by atoms with Gasteiger partial charge in [0.1, 0.15) is 0 Å². The minimum atomic E-state index is -0.512. The van der Waals surface area contributed by atoms with Crippen LogP contribution in [0.4, 0.5) is 0 Å². The Bertz CT molecular complexity index is 1320. The lowest BCUT2D eigenvalue weighted by atomic mass is 9.96. The van der Waals surface area contributed by atoms with Crippen molar-refractivity contribution in [3.8, 4) is 6.07 Å². The van der Waals surface area contributed by atoms with Crippen molar-refractivity contribution in [3.63, 3.8) is 0 Å². The Morgan fingerprint density at radius 2 is 1.79 bits per heavy atom. The summed E-state index contributed by atoms with van der Waals surface area (Å²) in [6.45, 7) is 0.598. The third kappa shape index (κ3) is 4.84. The van der Waals surface area contributed by atoms with Crippen LogP contribution < -0.4 is 10.6 Å². The minimum Gasteiger partial charge on any atom is -0.360 e. The zero-order valence-electron chi connectivity index (χ0n) is 18.3. The van der Waals surface area contributed by atoms with Crippen LogP contribution in [0.3, 0.4) is 0 Å². The summed E-state index contributed by atoms with van der Waals surface area (Å²) in [5.41, 5.74) is 4.46. The lowest BCUT2D eigenvalue weighted by Crippen LogP contribution is -2.30. The zero-order valence-corrected chi connectivity index (χ0v) is 18.3. The molecule has 6 heteroatoms. The number of Topliss-reactive ketones (excluding diaryl/α,β-unsaturated/α-hetero) is 1. The van der Waals surface area contributed by atoms with Crippen molar-refractivity contribution < 1.29 is 9.59 Å². The first-order chi connectivity index (χ1) is 16.1. The molecule has 4 aromatic rings. The number of H-pyrrole nitrogens is 1. The standard InChI is InChI=1S/C27H24N4O2/c1-29-27(33)21-11-12-22-23(17-31-24(22)15-21)26(32)25(20-5-3-2-4-6-20)30-14-13-18-7-9-19(16-28)10-8-18/h2-12,15,17,25,30-31H,13-14H2,1H3,(H,29,33)/t25-/m1/s1. The molecule has 0 aliphatic heterocycles. The minimum absolute atomic E-state index is 0.0417. The van der Waals surface area contributed by atoms with Gasteiger partial charge in [-0.3, -0.25) is 9.59 Å². The number of nitrogens with one attached hydrogen (secondary N) is 3. The molecule has 1 atom stereocenters. The lowest BCUT2D eigenvalue weighted by Gasteiger charge is -2.18. The number of ketones is 1. The summed E-state index contributed by atoms with van der Waals surface area (Å²) in [4.78, 5) is 28.7. The average Bonchev–Trinajstić information content (AvgIpc) is 3.30. The first kappa shape index (κ1) is 22.0. The maximum Gasteiger partial charge on any atom is 0.251 e. The number of hydrogen-bond acceptors (Lipinski definition) is 4. The van der Waals surface area contributed by atoms with Crippen LogP contribution in [0.15, 0.2) is 79.0 Å². The first-order valence-electron chi connectivity index (χ1n) is 10.8. The van der Waals surface area contributed by atoms with Crippen LogP contribution in [-0.2, 0) is 6.42 Å². The maximum atomic E-state index is 13.6. The SMILES string of the molecule is CNC(=O)c1ccc2c(C(=O)[C@H](NCCc3ccc(C#N)cc3)c3ccccc3)c[nH]c2c1. The predicted molar refractivity (Wildman–Crippen MR) is 128 cm³/mol. The van der Waals surface area contributed by atoms with Gasteiger partial charge in [-0.05, 0) is 41.8 Å². The van der Waals surface area contributed by atoms with Crippen molar-refractivity contribution in [1.82, 2.24) is 15.6 Å². The van der Waals surface area contributed by atoms with Gasteiger partial charge in [-0.2, -0.15) is 5.26 Å². The first-order valence-corrected chi connectivity index (χ1v) is 10.8. The number of rotatable bonds is 8. The molecule has 164 valence electrons. The third-order valence-corrected chi connectivity index (χ3v) is 5.68. The molecule has 0 spiro atoms. The van der Waals surface area contributed by atoms with Crippen molar-refractivity contribution in [2.24, 2.45) is 0 Å². The Kier molecular flexibility index (Phi) is 6.63. The van der Waals surface area contributed by atoms with Crippen LogP contribution in [0, 0.1) is 11.3 Å². The van der Waals surface area contributed by atoms with Crippen LogP contribution in [-0.4, -0.2) is 30.3 Å². The predicted octanol–water partition coefficient (Wildman–Crippen LogP) is 4.16. The Labute approximate surface area is 192 Å². The van der Waals surface area contributed by atoms with Crippen molar-refractivity contribution in [2.75, 3.05) is 13.6 Å². The van der Waals surface area contributed by atoms with Gasteiger partial charge in [0.25, 0.3) is 5.91 Å². The number of nitrogens with zero attached hydrogens (tertiary/aromatic N) is 1. The van der Waals surface area contributed by atoms with Gasteiger partial charge in [0.2, 0.25) is 0 Å². The lowest BCUT2D eigenvalue weighted by molar-refractivity contribution is 0.0942. The van der Waals surface area contributed by atoms with Crippen molar-refractivity contribution in [2.45, 2.75) is 12.5 Å². The smallest absolute Gasteiger partial charge is 0.251 e. The van der Waals surface area contributed by atoms with Crippen LogP contribution in [0.5, 0.6) is 0 Å². The van der Waals surface area contributed by atoms with Gasteiger partial charge in [0.15, 0.2) is 5.78 Å². The number of fused-ring (bicyclic) bond motifs is 1. The normalized spacial score (nSPS) is 11.6. The fourth-order valence-corrected chi connectivity index (χ4v) is 3.89. The largest absolute Gasteiger partial charge is 0.360 e. The maximum absolute atomic E-state index is 13.6. The number of amides is 1. The second-order valence-corrected chi connectivity index (χ2v) is 7.76. The molecule has 1 amide bonds. The summed E-state index contributed by atoms with van der Waals surface area (Å²) in [5.74, 6) is -0.217. The van der Waals surface area contributed by atoms with E-state index in [2.05, 4.69) is 21.7 Å². The van der Waals surface area contributed by atoms with Crippen LogP contribution in [0.25, 0.3) is 10.9 Å². The Hall–Kier alpha value is -4.21. The van der Waals surface area contributed by atoms with Crippen LogP contribution in [0.2, 0.25) is 0 Å². The van der Waals surface area contributed by atoms with Crippen molar-refractivity contribution >= 4 is 22.6 Å². The number of aromatic amines is 1. The van der Waals surface area contributed by atoms with E-state index in [4.69, 9.17) is 5.26 Å². The molecule has 0 aliphatic carbocycles. The Balaban J connectivity index is 1.57. The highest BCUT2D eigenvalue weighted by Crippen LogP contribution is 2.26. The quantitative estimate of drug-likeness (QED) is 0.361. The monoisotopic (exact) mass is 436 g/mol. The highest BCUT2D eigenvalue weighted by atomic mass is 16.1. The van der Waals surface area contributed by atoms with E-state index in [0.29, 0.717) is 23.2 Å². The molecule has 4 rings (SSSR count). The molecule has 0 bridgehead atoms. The molecule has 0 aliphatic rings. The molecule has 0 saturated carbocycles. The molecule has 0 radical (unpaired) electrons. The summed E-state index contributed by atoms with van der Waals surface area (Å²) < 4.78 is 0. The van der Waals surface area contributed by atoms with Gasteiger partial charge in [-0.1, -0.05) is 48.5 Å². The Morgan fingerprint density at radius 1 is 1.03 bits per heavy atom. The summed E-state index contributed by atoms with van der Waals surface area (Å²) in [7, 11) is 1.59. The molecule has 33 heavy (non-hydrogen) atoms. The van der Waals surface area contributed by atoms with Gasteiger partial charge in [-0.25, -0.2) is 0 Å². The van der Waals surface area contributed by atoms with E-state index in [9.17, 15) is 9.59 Å². The number of aromatic nitrogens is 1. The van der Waals surface area contributed by atoms with Crippen molar-refractivity contribution in [3.05, 3.63) is 107 Å². The number of nitriles is 1. The van der Waals surface area contributed by atoms with E-state index in [1.165, 1.54) is 0 Å². The summed E-state index contributed by atoms with van der Waals surface area (Å²) in [6.07, 6.45) is 2.44. The van der Waals surface area contributed by atoms with Gasteiger partial charge in [0.05, 0.1) is 17.7 Å². The number of carbonyl (C=O) groups is 2. The zero-order chi connectivity index (χ0) is 23.2. The van der Waals surface area contributed by atoms with Crippen molar-refractivity contribution in [1.29, 1.82) is 5.26 Å². The number of carbonyl (C=O) groups excluding carboxylic acids is 2. The van der Waals surface area contributed by atoms with Crippen LogP contribution in [0.1, 0.15) is 43.4 Å². The van der Waals surface area contributed by atoms with Gasteiger partial charge >= 0.3 is 0 Å². The highest BCUT2D eigenvalue weighted by Gasteiger charge is 2.24. The van der Waals surface area contributed by atoms with E-state index >= 15 is 0 Å². The van der Waals surface area contributed by atoms with Crippen LogP contribution >= 0.6 is 0 Å². The van der Waals surface area contributed by atoms with E-state index in [1.807, 2.05) is 48.5 Å². The molecular formula is C27H24N4O2. The fourth-order valence-electron chi connectivity index (χ4n) is 3.89. The van der Waals surface area contributed by atoms with Gasteiger partial charge in [-0.15, -0.1) is 0 Å². The molecule has 0 fully saturated rings. The fraction of sp³-hybridized carbons (Fsp3) is 0.148. The molecule has 0 saturated heterocycles. The molecule has 6 nitrogen and oxygen atoms in total. The van der Waals surface area contributed by atoms with E-state index in [1.54, 1.807) is 37.5 Å². The molecule has 0 unspecified atom stereocenters.